The van der Waals surface area contributed by atoms with Crippen LogP contribution in [-0.4, -0.2) is 32.7 Å². The molecular weight excluding hydrogens is 534 g/mol. The molecule has 0 fully saturated rings. The van der Waals surface area contributed by atoms with Gasteiger partial charge in [0, 0.05) is 38.2 Å². The third kappa shape index (κ3) is 4.25. The van der Waals surface area contributed by atoms with Gasteiger partial charge in [-0.15, -0.1) is 11.3 Å². The molecule has 37 heavy (non-hydrogen) atoms. The molecule has 1 aliphatic rings. The highest BCUT2D eigenvalue weighted by molar-refractivity contribution is 7.91. The van der Waals surface area contributed by atoms with Crippen molar-refractivity contribution in [3.63, 3.8) is 0 Å². The molecule has 4 aromatic rings. The standard InChI is InChI=1S/C27H18ClNO6S2/c1-2-35-27(32)23-19(16-7-3-5-9-20(16)28)14-36-26(23)29-25(31)15-11-12-18-22(13-15)37(33,34)21-10-6-4-8-17(21)24(18)30/h3-14H,2H2,1H3,(H,29,31). The topological polar surface area (TPSA) is 107 Å². The fourth-order valence-electron chi connectivity index (χ4n) is 4.13. The zero-order valence-electron chi connectivity index (χ0n) is 19.3. The van der Waals surface area contributed by atoms with Gasteiger partial charge in [0.25, 0.3) is 5.91 Å². The van der Waals surface area contributed by atoms with E-state index >= 15 is 0 Å². The van der Waals surface area contributed by atoms with Gasteiger partial charge < -0.3 is 10.1 Å². The fraction of sp³-hybridized carbons (Fsp3) is 0.0741. The minimum absolute atomic E-state index is 0.000378. The molecule has 7 nitrogen and oxygen atoms in total. The summed E-state index contributed by atoms with van der Waals surface area (Å²) in [7, 11) is -4.02. The van der Waals surface area contributed by atoms with Gasteiger partial charge in [-0.3, -0.25) is 9.59 Å². The summed E-state index contributed by atoms with van der Waals surface area (Å²) in [5.74, 6) is -1.72. The first-order valence-electron chi connectivity index (χ1n) is 11.1. The third-order valence-corrected chi connectivity index (χ3v) is 8.94. The lowest BCUT2D eigenvalue weighted by Crippen LogP contribution is -2.22. The van der Waals surface area contributed by atoms with Crippen molar-refractivity contribution in [2.24, 2.45) is 0 Å². The van der Waals surface area contributed by atoms with Gasteiger partial charge in [-0.05, 0) is 43.3 Å². The number of hydrogen-bond acceptors (Lipinski definition) is 7. The summed E-state index contributed by atoms with van der Waals surface area (Å²) >= 11 is 7.46. The highest BCUT2D eigenvalue weighted by Gasteiger charge is 2.35. The third-order valence-electron chi connectivity index (χ3n) is 5.86. The Kier molecular flexibility index (Phi) is 6.45. The lowest BCUT2D eigenvalue weighted by Gasteiger charge is -2.19. The van der Waals surface area contributed by atoms with Crippen LogP contribution in [0.5, 0.6) is 0 Å². The molecule has 0 saturated heterocycles. The lowest BCUT2D eigenvalue weighted by atomic mass is 10.0. The lowest BCUT2D eigenvalue weighted by molar-refractivity contribution is 0.0529. The van der Waals surface area contributed by atoms with Crippen LogP contribution in [0.3, 0.4) is 0 Å². The van der Waals surface area contributed by atoms with Gasteiger partial charge in [-0.2, -0.15) is 0 Å². The minimum Gasteiger partial charge on any atom is -0.462 e. The van der Waals surface area contributed by atoms with E-state index < -0.39 is 27.5 Å². The summed E-state index contributed by atoms with van der Waals surface area (Å²) in [6.07, 6.45) is 0. The molecule has 1 aromatic heterocycles. The van der Waals surface area contributed by atoms with Crippen molar-refractivity contribution in [3.05, 3.63) is 99.4 Å². The van der Waals surface area contributed by atoms with Crippen molar-refractivity contribution < 1.29 is 27.5 Å². The number of rotatable bonds is 5. The van der Waals surface area contributed by atoms with Crippen LogP contribution in [0.15, 0.2) is 81.9 Å². The van der Waals surface area contributed by atoms with Gasteiger partial charge in [-0.1, -0.05) is 41.9 Å². The summed E-state index contributed by atoms with van der Waals surface area (Å²) < 4.78 is 31.7. The highest BCUT2D eigenvalue weighted by Crippen LogP contribution is 2.40. The summed E-state index contributed by atoms with van der Waals surface area (Å²) in [6.45, 7) is 1.80. The van der Waals surface area contributed by atoms with Crippen LogP contribution in [-0.2, 0) is 14.6 Å². The number of halogens is 1. The van der Waals surface area contributed by atoms with Crippen LogP contribution in [0.1, 0.15) is 43.6 Å². The van der Waals surface area contributed by atoms with E-state index in [9.17, 15) is 22.8 Å². The highest BCUT2D eigenvalue weighted by atomic mass is 35.5. The average Bonchev–Trinajstić information content (AvgIpc) is 3.31. The number of ketones is 1. The Morgan fingerprint density at radius 2 is 1.59 bits per heavy atom. The second-order valence-electron chi connectivity index (χ2n) is 8.05. The molecule has 0 aliphatic carbocycles. The zero-order chi connectivity index (χ0) is 26.3. The molecule has 0 spiro atoms. The maximum Gasteiger partial charge on any atom is 0.341 e. The van der Waals surface area contributed by atoms with Gasteiger partial charge >= 0.3 is 5.97 Å². The number of hydrogen-bond donors (Lipinski definition) is 1. The van der Waals surface area contributed by atoms with Gasteiger partial charge in [0.2, 0.25) is 9.84 Å². The number of thiophene rings is 1. The maximum absolute atomic E-state index is 13.2. The Morgan fingerprint density at radius 1 is 0.919 bits per heavy atom. The normalized spacial score (nSPS) is 13.4. The molecule has 0 unspecified atom stereocenters. The van der Waals surface area contributed by atoms with Crippen LogP contribution in [0.25, 0.3) is 11.1 Å². The fourth-order valence-corrected chi connectivity index (χ4v) is 6.99. The summed E-state index contributed by atoms with van der Waals surface area (Å²) in [6, 6.07) is 16.8. The number of carbonyl (C=O) groups excluding carboxylic acids is 3. The van der Waals surface area contributed by atoms with Crippen LogP contribution in [0.4, 0.5) is 5.00 Å². The van der Waals surface area contributed by atoms with E-state index in [2.05, 4.69) is 5.32 Å². The van der Waals surface area contributed by atoms with Crippen LogP contribution < -0.4 is 5.32 Å². The van der Waals surface area contributed by atoms with E-state index in [1.54, 1.807) is 42.6 Å². The number of carbonyl (C=O) groups is 3. The number of amides is 1. The van der Waals surface area contributed by atoms with E-state index in [1.165, 1.54) is 36.4 Å². The summed E-state index contributed by atoms with van der Waals surface area (Å²) in [4.78, 5) is 38.6. The Labute approximate surface area is 221 Å². The Morgan fingerprint density at radius 3 is 2.32 bits per heavy atom. The predicted molar refractivity (Wildman–Crippen MR) is 140 cm³/mol. The Balaban J connectivity index is 1.54. The van der Waals surface area contributed by atoms with Gasteiger partial charge in [0.05, 0.1) is 16.4 Å². The van der Waals surface area contributed by atoms with E-state index in [4.69, 9.17) is 16.3 Å². The number of fused-ring (bicyclic) bond motifs is 2. The molecule has 2 heterocycles. The number of benzene rings is 3. The first-order valence-corrected chi connectivity index (χ1v) is 13.9. The monoisotopic (exact) mass is 551 g/mol. The van der Waals surface area contributed by atoms with Crippen molar-refractivity contribution in [3.8, 4) is 11.1 Å². The first-order chi connectivity index (χ1) is 17.7. The van der Waals surface area contributed by atoms with E-state index in [1.807, 2.05) is 0 Å². The minimum atomic E-state index is -4.02. The zero-order valence-corrected chi connectivity index (χ0v) is 21.7. The molecule has 186 valence electrons. The van der Waals surface area contributed by atoms with E-state index in [-0.39, 0.29) is 43.7 Å². The molecule has 1 N–H and O–H groups in total. The van der Waals surface area contributed by atoms with Gasteiger partial charge in [0.15, 0.2) is 5.78 Å². The molecule has 1 aliphatic heterocycles. The number of sulfone groups is 1. The number of ether oxygens (including phenoxy) is 1. The number of esters is 1. The van der Waals surface area contributed by atoms with Crippen molar-refractivity contribution in [1.29, 1.82) is 0 Å². The van der Waals surface area contributed by atoms with Crippen molar-refractivity contribution in [2.75, 3.05) is 11.9 Å². The molecule has 0 bridgehead atoms. The molecule has 10 heteroatoms. The van der Waals surface area contributed by atoms with Crippen molar-refractivity contribution in [1.82, 2.24) is 0 Å². The second-order valence-corrected chi connectivity index (χ2v) is 11.2. The molecule has 3 aromatic carbocycles. The first kappa shape index (κ1) is 24.9. The Bertz CT molecular complexity index is 1710. The van der Waals surface area contributed by atoms with Crippen molar-refractivity contribution in [2.45, 2.75) is 16.7 Å². The van der Waals surface area contributed by atoms with E-state index in [0.29, 0.717) is 16.1 Å². The average molecular weight is 552 g/mol. The molecule has 1 amide bonds. The number of nitrogens with one attached hydrogen (secondary N) is 1. The largest absolute Gasteiger partial charge is 0.462 e. The maximum atomic E-state index is 13.2. The Hall–Kier alpha value is -3.79. The smallest absolute Gasteiger partial charge is 0.341 e. The molecule has 0 saturated carbocycles. The van der Waals surface area contributed by atoms with E-state index in [0.717, 1.165) is 11.3 Å². The van der Waals surface area contributed by atoms with Crippen LogP contribution in [0.2, 0.25) is 5.02 Å². The summed E-state index contributed by atoms with van der Waals surface area (Å²) in [5, 5.41) is 5.03. The van der Waals surface area contributed by atoms with Gasteiger partial charge in [0.1, 0.15) is 10.6 Å². The summed E-state index contributed by atoms with van der Waals surface area (Å²) in [5.41, 5.74) is 1.34. The quantitative estimate of drug-likeness (QED) is 0.274. The van der Waals surface area contributed by atoms with Gasteiger partial charge in [-0.25, -0.2) is 13.2 Å². The predicted octanol–water partition coefficient (Wildman–Crippen LogP) is 5.87. The van der Waals surface area contributed by atoms with Crippen LogP contribution >= 0.6 is 22.9 Å². The van der Waals surface area contributed by atoms with Crippen molar-refractivity contribution >= 4 is 55.4 Å². The number of anilines is 1. The molecule has 5 rings (SSSR count). The SMILES string of the molecule is CCOC(=O)c1c(-c2ccccc2Cl)csc1NC(=O)c1ccc2c(c1)S(=O)(=O)c1ccccc1C2=O. The molecule has 0 atom stereocenters. The molecular formula is C27H18ClNO6S2. The molecule has 0 radical (unpaired) electrons. The second kappa shape index (κ2) is 9.59. The van der Waals surface area contributed by atoms with Crippen LogP contribution in [0, 0.1) is 0 Å².